The molecule has 3 fully saturated rings. The minimum absolute atomic E-state index is 0.0848. The van der Waals surface area contributed by atoms with Crippen LogP contribution in [0, 0.1) is 29.6 Å². The number of carbonyl (C=O) groups excluding carboxylic acids is 2. The lowest BCUT2D eigenvalue weighted by atomic mass is 9.62. The van der Waals surface area contributed by atoms with Gasteiger partial charge in [0.1, 0.15) is 5.75 Å². The highest BCUT2D eigenvalue weighted by Gasteiger charge is 2.58. The molecule has 10 nitrogen and oxygen atoms in total. The third-order valence-corrected chi connectivity index (χ3v) is 15.4. The summed E-state index contributed by atoms with van der Waals surface area (Å²) in [6, 6.07) is 14.5. The maximum atomic E-state index is 12.8. The van der Waals surface area contributed by atoms with Gasteiger partial charge in [-0.3, -0.25) is 19.4 Å². The highest BCUT2D eigenvalue weighted by molar-refractivity contribution is 5.94. The molecule has 6 aliphatic heterocycles. The van der Waals surface area contributed by atoms with E-state index in [0.717, 1.165) is 48.1 Å². The van der Waals surface area contributed by atoms with E-state index in [1.54, 1.807) is 20.3 Å². The number of ether oxygens (including phenoxy) is 4. The maximum absolute atomic E-state index is 12.8. The molecule has 0 spiro atoms. The number of Topliss-reactive ketones (excluding diaryl/α,β-unsaturated/α-hetero) is 1. The Balaban J connectivity index is 1.06. The zero-order valence-corrected chi connectivity index (χ0v) is 33.4. The van der Waals surface area contributed by atoms with Crippen LogP contribution in [-0.4, -0.2) is 83.0 Å². The molecule has 10 heteroatoms. The lowest BCUT2D eigenvalue weighted by Gasteiger charge is -2.58. The van der Waals surface area contributed by atoms with Crippen LogP contribution in [0.5, 0.6) is 5.75 Å². The molecule has 0 radical (unpaired) electrons. The number of nitrogens with zero attached hydrogens (tertiary/aromatic N) is 4. The average Bonchev–Trinajstić information content (AvgIpc) is 3.58. The van der Waals surface area contributed by atoms with E-state index in [0.29, 0.717) is 25.7 Å². The molecule has 8 heterocycles. The minimum atomic E-state index is -1.08. The highest BCUT2D eigenvalue weighted by atomic mass is 16.7. The molecule has 2 unspecified atom stereocenters. The summed E-state index contributed by atoms with van der Waals surface area (Å²) < 4.78 is 30.0. The summed E-state index contributed by atoms with van der Waals surface area (Å²) in [5, 5.41) is 2.62. The number of likely N-dealkylation sites (N-methyl/N-ethyl adjacent to an activating group) is 2. The molecule has 10 atom stereocenters. The molecule has 6 aliphatic rings. The zero-order chi connectivity index (χ0) is 38.2. The quantitative estimate of drug-likeness (QED) is 0.217. The van der Waals surface area contributed by atoms with Gasteiger partial charge in [0.2, 0.25) is 5.79 Å². The second-order valence-corrected chi connectivity index (χ2v) is 17.7. The van der Waals surface area contributed by atoms with Crippen LogP contribution in [0.4, 0.5) is 0 Å². The number of hydrogen-bond donors (Lipinski definition) is 0. The van der Waals surface area contributed by atoms with Gasteiger partial charge < -0.3 is 28.1 Å². The van der Waals surface area contributed by atoms with Crippen LogP contribution < -0.4 is 4.74 Å². The number of esters is 1. The third kappa shape index (κ3) is 4.96. The number of hydrogen-bond acceptors (Lipinski definition) is 8. The van der Waals surface area contributed by atoms with Crippen LogP contribution in [0.3, 0.4) is 0 Å². The molecule has 3 saturated heterocycles. The summed E-state index contributed by atoms with van der Waals surface area (Å²) in [6.45, 7) is 6.35. The van der Waals surface area contributed by atoms with Gasteiger partial charge in [0, 0.05) is 97.1 Å². The molecule has 4 aromatic rings. The summed E-state index contributed by atoms with van der Waals surface area (Å²) in [6.07, 6.45) is 6.12. The van der Waals surface area contributed by atoms with Gasteiger partial charge in [-0.15, -0.1) is 0 Å². The van der Waals surface area contributed by atoms with Crippen molar-refractivity contribution in [2.24, 2.45) is 43.7 Å². The number of aromatic nitrogens is 2. The molecule has 0 saturated carbocycles. The van der Waals surface area contributed by atoms with E-state index in [9.17, 15) is 9.59 Å². The van der Waals surface area contributed by atoms with Crippen LogP contribution in [0.15, 0.2) is 48.2 Å². The van der Waals surface area contributed by atoms with Crippen LogP contribution in [0.2, 0.25) is 0 Å². The van der Waals surface area contributed by atoms with E-state index in [1.807, 2.05) is 6.92 Å². The molecule has 2 aromatic carbocycles. The topological polar surface area (TPSA) is 87.4 Å². The summed E-state index contributed by atoms with van der Waals surface area (Å²) >= 11 is 0. The van der Waals surface area contributed by atoms with Gasteiger partial charge in [-0.25, -0.2) is 0 Å². The first-order chi connectivity index (χ1) is 26.4. The number of carbonyl (C=O) groups is 2. The largest absolute Gasteiger partial charge is 0.500 e. The van der Waals surface area contributed by atoms with Gasteiger partial charge in [0.25, 0.3) is 0 Å². The van der Waals surface area contributed by atoms with Gasteiger partial charge >= 0.3 is 5.97 Å². The minimum Gasteiger partial charge on any atom is -0.500 e. The van der Waals surface area contributed by atoms with E-state index >= 15 is 0 Å². The molecule has 0 N–H and O–H groups in total. The SMILES string of the molecule is COc1cc2c(cc1CC1[C@@H]3C[C@@H]4c5c(c6ccccc6n5C)C[C@H]([C@@H]3COC1(C)OC(C)=O)N4C)c1c(n2C)[C@H]2C[C@H]3C(C(C)=O)=COC[C@H]3[C@@H](C1)N2C. The van der Waals surface area contributed by atoms with Crippen LogP contribution in [0.1, 0.15) is 73.8 Å². The standard InChI is InChI=1S/C45H54N4O6/c1-23(50)32-20-53-21-33-27(32)15-40-44-31(18-37(33)46(40)4)29-13-25(42(52-8)19-39(29)49(44)7)14-35-28-16-41-43-30(26-11-9-10-12-36(26)48(43)6)17-38(47(41)5)34(28)22-54-45(35,3)55-24(2)51/h9-13,19-20,27-28,33-35,37-38,40-41H,14-18,21-22H2,1-8H3/t27-,28+,33+,34+,35?,37+,38+,40+,41+,45?/m0/s1. The van der Waals surface area contributed by atoms with E-state index in [-0.39, 0.29) is 59.5 Å². The lowest BCUT2D eigenvalue weighted by Crippen LogP contribution is -2.62. The third-order valence-electron chi connectivity index (χ3n) is 15.4. The van der Waals surface area contributed by atoms with E-state index in [1.165, 1.54) is 45.7 Å². The van der Waals surface area contributed by atoms with Gasteiger partial charge in [0.05, 0.1) is 44.2 Å². The summed E-state index contributed by atoms with van der Waals surface area (Å²) in [5.74, 6) is 0.496. The molecular weight excluding hydrogens is 693 g/mol. The first-order valence-corrected chi connectivity index (χ1v) is 20.2. The van der Waals surface area contributed by atoms with Gasteiger partial charge in [0.15, 0.2) is 5.78 Å². The number of fused-ring (bicyclic) bond motifs is 16. The van der Waals surface area contributed by atoms with Crippen molar-refractivity contribution in [3.8, 4) is 5.75 Å². The Kier molecular flexibility index (Phi) is 7.98. The smallest absolute Gasteiger partial charge is 0.305 e. The fourth-order valence-corrected chi connectivity index (χ4v) is 12.8. The maximum Gasteiger partial charge on any atom is 0.305 e. The number of allylic oxidation sites excluding steroid dienone is 1. The first kappa shape index (κ1) is 35.3. The zero-order valence-electron chi connectivity index (χ0n) is 33.4. The number of ketones is 1. The van der Waals surface area contributed by atoms with Gasteiger partial charge in [-0.1, -0.05) is 18.2 Å². The second-order valence-electron chi connectivity index (χ2n) is 17.7. The highest BCUT2D eigenvalue weighted by Crippen LogP contribution is 2.56. The normalized spacial score (nSPS) is 33.9. The van der Waals surface area contributed by atoms with Crippen molar-refractivity contribution < 1.29 is 28.5 Å². The number of methoxy groups -OCH3 is 1. The number of rotatable bonds is 5. The van der Waals surface area contributed by atoms with Crippen LogP contribution >= 0.6 is 0 Å². The van der Waals surface area contributed by atoms with Crippen molar-refractivity contribution >= 4 is 33.6 Å². The average molecular weight is 747 g/mol. The van der Waals surface area contributed by atoms with Crippen LogP contribution in [-0.2, 0) is 57.2 Å². The number of benzene rings is 2. The predicted octanol–water partition coefficient (Wildman–Crippen LogP) is 6.42. The lowest BCUT2D eigenvalue weighted by molar-refractivity contribution is -0.296. The molecule has 0 amide bonds. The molecular formula is C45H54N4O6. The Labute approximate surface area is 323 Å². The molecule has 290 valence electrons. The van der Waals surface area contributed by atoms with E-state index < -0.39 is 5.79 Å². The molecule has 4 bridgehead atoms. The fourth-order valence-electron chi connectivity index (χ4n) is 12.8. The monoisotopic (exact) mass is 746 g/mol. The summed E-state index contributed by atoms with van der Waals surface area (Å²) in [5.41, 5.74) is 10.0. The van der Waals surface area contributed by atoms with Crippen molar-refractivity contribution in [2.45, 2.75) is 82.8 Å². The summed E-state index contributed by atoms with van der Waals surface area (Å²) in [4.78, 5) is 30.7. The van der Waals surface area contributed by atoms with Crippen molar-refractivity contribution in [3.05, 3.63) is 76.3 Å². The van der Waals surface area contributed by atoms with Gasteiger partial charge in [-0.05, 0) is 93.8 Å². The Morgan fingerprint density at radius 2 is 1.51 bits per heavy atom. The Morgan fingerprint density at radius 3 is 2.22 bits per heavy atom. The predicted molar refractivity (Wildman–Crippen MR) is 210 cm³/mol. The van der Waals surface area contributed by atoms with Crippen molar-refractivity contribution in [1.29, 1.82) is 0 Å². The fraction of sp³-hybridized carbons (Fsp3) is 0.556. The van der Waals surface area contributed by atoms with E-state index in [2.05, 4.69) is 83.5 Å². The Morgan fingerprint density at radius 1 is 0.836 bits per heavy atom. The van der Waals surface area contributed by atoms with E-state index in [4.69, 9.17) is 18.9 Å². The molecule has 0 aliphatic carbocycles. The van der Waals surface area contributed by atoms with Gasteiger partial charge in [-0.2, -0.15) is 0 Å². The molecule has 55 heavy (non-hydrogen) atoms. The summed E-state index contributed by atoms with van der Waals surface area (Å²) in [7, 11) is 10.7. The number of piperidine rings is 2. The van der Waals surface area contributed by atoms with Crippen molar-refractivity contribution in [2.75, 3.05) is 34.4 Å². The Bertz CT molecular complexity index is 2300. The first-order valence-electron chi connectivity index (χ1n) is 20.2. The number of aryl methyl sites for hydroxylation is 2. The van der Waals surface area contributed by atoms with Crippen molar-refractivity contribution in [1.82, 2.24) is 18.9 Å². The van der Waals surface area contributed by atoms with Crippen molar-refractivity contribution in [3.63, 3.8) is 0 Å². The molecule has 2 aromatic heterocycles. The second kappa shape index (κ2) is 12.4. The van der Waals surface area contributed by atoms with Crippen LogP contribution in [0.25, 0.3) is 21.8 Å². The Hall–Kier alpha value is -4.12. The number of para-hydroxylation sites is 1. The molecule has 10 rings (SSSR count).